The van der Waals surface area contributed by atoms with Crippen molar-refractivity contribution in [2.24, 2.45) is 4.99 Å². The Morgan fingerprint density at radius 3 is 2.43 bits per heavy atom. The number of hydrogen-bond donors (Lipinski definition) is 0. The number of hydrogen-bond acceptors (Lipinski definition) is 1. The zero-order chi connectivity index (χ0) is 5.70. The van der Waals surface area contributed by atoms with E-state index in [1.165, 1.54) is 19.3 Å². The molecule has 0 aromatic rings. The van der Waals surface area contributed by atoms with Gasteiger partial charge in [0.05, 0.1) is 6.21 Å². The average Bonchev–Trinajstić information content (AvgIpc) is 1.68. The molecule has 0 saturated carbocycles. The lowest BCUT2D eigenvalue weighted by atomic mass is 10.5. The van der Waals surface area contributed by atoms with Crippen LogP contribution in [0.3, 0.4) is 0 Å². The molecule has 0 unspecified atom stereocenters. The molecular weight excluding hydrogens is 93.1 g/mol. The van der Waals surface area contributed by atoms with Gasteiger partial charge in [-0.15, -0.1) is 0 Å². The van der Waals surface area contributed by atoms with Crippen LogP contribution in [0.2, 0.25) is 0 Å². The molecule has 0 radical (unpaired) electrons. The van der Waals surface area contributed by atoms with E-state index >= 15 is 0 Å². The highest BCUT2D eigenvalue weighted by Crippen LogP contribution is 1.87. The quantitative estimate of drug-likeness (QED) is 0.444. The summed E-state index contributed by atoms with van der Waals surface area (Å²) in [4.78, 5) is 3.44. The van der Waals surface area contributed by atoms with Gasteiger partial charge in [0.1, 0.15) is 5.83 Å². The topological polar surface area (TPSA) is 12.4 Å². The predicted octanol–water partition coefficient (Wildman–Crippen LogP) is 1.56. The summed E-state index contributed by atoms with van der Waals surface area (Å²) in [6.45, 7) is 1.62. The summed E-state index contributed by atoms with van der Waals surface area (Å²) in [6.07, 6.45) is 2.52. The van der Waals surface area contributed by atoms with Crippen molar-refractivity contribution in [1.82, 2.24) is 0 Å². The molecule has 0 aliphatic rings. The zero-order valence-electron chi connectivity index (χ0n) is 4.48. The first kappa shape index (κ1) is 6.34. The molecule has 0 bridgehead atoms. The van der Waals surface area contributed by atoms with E-state index in [2.05, 4.69) is 4.99 Å². The third kappa shape index (κ3) is 3.16. The van der Waals surface area contributed by atoms with Crippen molar-refractivity contribution in [1.29, 1.82) is 0 Å². The van der Waals surface area contributed by atoms with Crippen LogP contribution in [0.5, 0.6) is 0 Å². The molecule has 0 N–H and O–H groups in total. The average molecular weight is 101 g/mol. The fourth-order valence-corrected chi connectivity index (χ4v) is 0.198. The monoisotopic (exact) mass is 101 g/mol. The molecule has 0 heterocycles. The second-order valence-corrected chi connectivity index (χ2v) is 1.06. The van der Waals surface area contributed by atoms with Crippen LogP contribution in [-0.2, 0) is 0 Å². The van der Waals surface area contributed by atoms with E-state index in [1.807, 2.05) is 0 Å². The Labute approximate surface area is 42.6 Å². The minimum Gasteiger partial charge on any atom is -0.293 e. The van der Waals surface area contributed by atoms with Gasteiger partial charge in [0.25, 0.3) is 0 Å². The molecule has 0 aromatic heterocycles. The standard InChI is InChI=1S/C5H8FN/c1-3-5(6)4-7-2/h3-4H,1-2H3/b5-3+,7-4-. The molecule has 0 rings (SSSR count). The minimum atomic E-state index is -0.289. The lowest BCUT2D eigenvalue weighted by Crippen LogP contribution is -1.69. The fourth-order valence-electron chi connectivity index (χ4n) is 0.198. The van der Waals surface area contributed by atoms with E-state index in [0.717, 1.165) is 0 Å². The maximum Gasteiger partial charge on any atom is 0.136 e. The van der Waals surface area contributed by atoms with Crippen molar-refractivity contribution in [2.75, 3.05) is 7.05 Å². The highest BCUT2D eigenvalue weighted by molar-refractivity contribution is 5.75. The number of halogens is 1. The highest BCUT2D eigenvalue weighted by Gasteiger charge is 1.77. The number of rotatable bonds is 1. The minimum absolute atomic E-state index is 0.289. The van der Waals surface area contributed by atoms with E-state index in [0.29, 0.717) is 0 Å². The molecule has 0 aliphatic heterocycles. The first-order valence-electron chi connectivity index (χ1n) is 2.05. The van der Waals surface area contributed by atoms with Gasteiger partial charge in [-0.3, -0.25) is 4.99 Å². The van der Waals surface area contributed by atoms with Crippen LogP contribution < -0.4 is 0 Å². The molecule has 0 saturated heterocycles. The third-order valence-electron chi connectivity index (χ3n) is 0.528. The summed E-state index contributed by atoms with van der Waals surface area (Å²) in [6, 6.07) is 0. The van der Waals surface area contributed by atoms with Crippen LogP contribution in [0.15, 0.2) is 16.9 Å². The molecule has 0 fully saturated rings. The van der Waals surface area contributed by atoms with Crippen LogP contribution in [0.1, 0.15) is 6.92 Å². The SMILES string of the molecule is C/C=C(F)\C=N/C. The van der Waals surface area contributed by atoms with Gasteiger partial charge in [0.2, 0.25) is 0 Å². The summed E-state index contributed by atoms with van der Waals surface area (Å²) in [5, 5.41) is 0. The maximum atomic E-state index is 11.8. The second-order valence-electron chi connectivity index (χ2n) is 1.06. The molecule has 0 atom stereocenters. The molecule has 40 valence electrons. The molecule has 0 aliphatic carbocycles. The molecule has 2 heteroatoms. The van der Waals surface area contributed by atoms with E-state index in [4.69, 9.17) is 0 Å². The molecular formula is C5H8FN. The van der Waals surface area contributed by atoms with Crippen molar-refractivity contribution < 1.29 is 4.39 Å². The van der Waals surface area contributed by atoms with Gasteiger partial charge in [-0.2, -0.15) is 0 Å². The summed E-state index contributed by atoms with van der Waals surface area (Å²) in [7, 11) is 1.53. The Morgan fingerprint density at radius 1 is 1.71 bits per heavy atom. The van der Waals surface area contributed by atoms with Crippen LogP contribution in [0, 0.1) is 0 Å². The molecule has 1 nitrogen and oxygen atoms in total. The zero-order valence-corrected chi connectivity index (χ0v) is 4.48. The second kappa shape index (κ2) is 3.53. The highest BCUT2D eigenvalue weighted by atomic mass is 19.1. The van der Waals surface area contributed by atoms with E-state index in [9.17, 15) is 4.39 Å². The van der Waals surface area contributed by atoms with Crippen molar-refractivity contribution in [2.45, 2.75) is 6.92 Å². The maximum absolute atomic E-state index is 11.8. The van der Waals surface area contributed by atoms with Crippen LogP contribution in [0.25, 0.3) is 0 Å². The molecule has 0 spiro atoms. The van der Waals surface area contributed by atoms with E-state index in [-0.39, 0.29) is 5.83 Å². The van der Waals surface area contributed by atoms with Gasteiger partial charge in [-0.05, 0) is 6.92 Å². The van der Waals surface area contributed by atoms with E-state index in [1.54, 1.807) is 6.92 Å². The Hall–Kier alpha value is -0.660. The largest absolute Gasteiger partial charge is 0.293 e. The molecule has 7 heavy (non-hydrogen) atoms. The number of aliphatic imine (C=N–C) groups is 1. The lowest BCUT2D eigenvalue weighted by molar-refractivity contribution is 0.684. The summed E-state index contributed by atoms with van der Waals surface area (Å²) in [5.74, 6) is -0.289. The normalized spacial score (nSPS) is 13.3. The summed E-state index contributed by atoms with van der Waals surface area (Å²) >= 11 is 0. The Morgan fingerprint density at radius 2 is 2.29 bits per heavy atom. The predicted molar refractivity (Wildman–Crippen MR) is 29.3 cm³/mol. The van der Waals surface area contributed by atoms with Crippen molar-refractivity contribution in [3.05, 3.63) is 11.9 Å². The van der Waals surface area contributed by atoms with Crippen molar-refractivity contribution in [3.63, 3.8) is 0 Å². The first-order valence-corrected chi connectivity index (χ1v) is 2.05. The van der Waals surface area contributed by atoms with Crippen molar-refractivity contribution >= 4 is 6.21 Å². The van der Waals surface area contributed by atoms with Gasteiger partial charge >= 0.3 is 0 Å². The molecule has 0 aromatic carbocycles. The van der Waals surface area contributed by atoms with Gasteiger partial charge in [-0.1, -0.05) is 6.08 Å². The number of nitrogens with zero attached hydrogens (tertiary/aromatic N) is 1. The van der Waals surface area contributed by atoms with Gasteiger partial charge < -0.3 is 0 Å². The Bertz CT molecular complexity index is 94.3. The Kier molecular flexibility index (Phi) is 3.19. The smallest absolute Gasteiger partial charge is 0.136 e. The summed E-state index contributed by atoms with van der Waals surface area (Å²) < 4.78 is 11.8. The fraction of sp³-hybridized carbons (Fsp3) is 0.400. The van der Waals surface area contributed by atoms with Crippen LogP contribution >= 0.6 is 0 Å². The van der Waals surface area contributed by atoms with E-state index < -0.39 is 0 Å². The van der Waals surface area contributed by atoms with Crippen molar-refractivity contribution in [3.8, 4) is 0 Å². The summed E-state index contributed by atoms with van der Waals surface area (Å²) in [5.41, 5.74) is 0. The van der Waals surface area contributed by atoms with Gasteiger partial charge in [0, 0.05) is 7.05 Å². The Balaban J connectivity index is 3.58. The van der Waals surface area contributed by atoms with Crippen LogP contribution in [0.4, 0.5) is 4.39 Å². The van der Waals surface area contributed by atoms with Gasteiger partial charge in [0.15, 0.2) is 0 Å². The third-order valence-corrected chi connectivity index (χ3v) is 0.528. The number of allylic oxidation sites excluding steroid dienone is 2. The lowest BCUT2D eigenvalue weighted by Gasteiger charge is -1.75. The molecule has 0 amide bonds. The first-order chi connectivity index (χ1) is 3.31. The van der Waals surface area contributed by atoms with Gasteiger partial charge in [-0.25, -0.2) is 4.39 Å². The van der Waals surface area contributed by atoms with Crippen LogP contribution in [-0.4, -0.2) is 13.3 Å².